The summed E-state index contributed by atoms with van der Waals surface area (Å²) >= 11 is 0. The van der Waals surface area contributed by atoms with E-state index < -0.39 is 11.2 Å². The van der Waals surface area contributed by atoms with Crippen LogP contribution in [-0.2, 0) is 6.42 Å². The van der Waals surface area contributed by atoms with E-state index in [0.717, 1.165) is 6.42 Å². The summed E-state index contributed by atoms with van der Waals surface area (Å²) in [7, 11) is 0. The van der Waals surface area contributed by atoms with Crippen LogP contribution in [0.4, 0.5) is 5.82 Å². The Morgan fingerprint density at radius 2 is 1.88 bits per heavy atom. The third kappa shape index (κ3) is 2.13. The predicted octanol–water partition coefficient (Wildman–Crippen LogP) is 0.670. The largest absolute Gasteiger partial charge is 0.385 e. The van der Waals surface area contributed by atoms with Gasteiger partial charge in [0, 0.05) is 6.07 Å². The van der Waals surface area contributed by atoms with Gasteiger partial charge < -0.3 is 5.73 Å². The number of nitrogens with two attached hydrogens (primary N) is 1. The number of nitrogens with zero attached hydrogens (tertiary/aromatic N) is 1. The third-order valence-corrected chi connectivity index (χ3v) is 2.57. The minimum Gasteiger partial charge on any atom is -0.385 e. The summed E-state index contributed by atoms with van der Waals surface area (Å²) < 4.78 is 1.26. The maximum atomic E-state index is 11.6. The van der Waals surface area contributed by atoms with E-state index >= 15 is 0 Å². The lowest BCUT2D eigenvalue weighted by Crippen LogP contribution is -2.30. The fourth-order valence-electron chi connectivity index (χ4n) is 1.66. The average Bonchev–Trinajstić information content (AvgIpc) is 2.28. The van der Waals surface area contributed by atoms with E-state index in [2.05, 4.69) is 11.9 Å². The van der Waals surface area contributed by atoms with Gasteiger partial charge in [-0.2, -0.15) is 0 Å². The molecule has 17 heavy (non-hydrogen) atoms. The summed E-state index contributed by atoms with van der Waals surface area (Å²) in [6, 6.07) is 8.64. The zero-order chi connectivity index (χ0) is 12.4. The first-order valence-electron chi connectivity index (χ1n) is 5.33. The molecule has 0 unspecified atom stereocenters. The topological polar surface area (TPSA) is 80.9 Å². The summed E-state index contributed by atoms with van der Waals surface area (Å²) in [6.45, 7) is 2.05. The van der Waals surface area contributed by atoms with Crippen LogP contribution in [0, 0.1) is 0 Å². The molecule has 3 N–H and O–H groups in total. The second-order valence-electron chi connectivity index (χ2n) is 3.72. The molecule has 1 aromatic carbocycles. The number of hydrogen-bond acceptors (Lipinski definition) is 3. The molecule has 88 valence electrons. The number of benzene rings is 1. The van der Waals surface area contributed by atoms with Crippen molar-refractivity contribution in [2.45, 2.75) is 13.3 Å². The molecule has 0 atom stereocenters. The van der Waals surface area contributed by atoms with Gasteiger partial charge in [-0.15, -0.1) is 0 Å². The minimum absolute atomic E-state index is 0.128. The number of nitrogen functional groups attached to an aromatic ring is 1. The van der Waals surface area contributed by atoms with E-state index in [-0.39, 0.29) is 5.82 Å². The molecule has 0 fully saturated rings. The molecule has 2 rings (SSSR count). The number of aromatic amines is 1. The molecule has 0 aliphatic carbocycles. The fraction of sp³-hybridized carbons (Fsp3) is 0.167. The van der Waals surface area contributed by atoms with Crippen molar-refractivity contribution in [3.05, 3.63) is 56.7 Å². The molecule has 0 aliphatic heterocycles. The van der Waals surface area contributed by atoms with Gasteiger partial charge in [-0.1, -0.05) is 19.1 Å². The summed E-state index contributed by atoms with van der Waals surface area (Å²) in [4.78, 5) is 24.9. The van der Waals surface area contributed by atoms with Gasteiger partial charge in [0.05, 0.1) is 5.69 Å². The highest BCUT2D eigenvalue weighted by Crippen LogP contribution is 2.10. The van der Waals surface area contributed by atoms with Crippen molar-refractivity contribution in [2.24, 2.45) is 0 Å². The Kier molecular flexibility index (Phi) is 2.82. The van der Waals surface area contributed by atoms with Gasteiger partial charge in [-0.3, -0.25) is 9.78 Å². The molecule has 5 heteroatoms. The molecule has 1 aromatic heterocycles. The fourth-order valence-corrected chi connectivity index (χ4v) is 1.66. The highest BCUT2D eigenvalue weighted by molar-refractivity contribution is 5.42. The van der Waals surface area contributed by atoms with Gasteiger partial charge in [0.2, 0.25) is 0 Å². The lowest BCUT2D eigenvalue weighted by molar-refractivity contribution is 0.907. The summed E-state index contributed by atoms with van der Waals surface area (Å²) in [5.74, 6) is 0.128. The van der Waals surface area contributed by atoms with E-state index in [1.54, 1.807) is 12.1 Å². The van der Waals surface area contributed by atoms with Gasteiger partial charge in [0.25, 0.3) is 5.56 Å². The zero-order valence-electron chi connectivity index (χ0n) is 9.43. The van der Waals surface area contributed by atoms with Crippen LogP contribution in [0.15, 0.2) is 39.9 Å². The van der Waals surface area contributed by atoms with E-state index in [1.165, 1.54) is 16.2 Å². The molecule has 0 saturated heterocycles. The van der Waals surface area contributed by atoms with Crippen LogP contribution in [-0.4, -0.2) is 9.55 Å². The first kappa shape index (κ1) is 11.2. The lowest BCUT2D eigenvalue weighted by Gasteiger charge is -2.08. The Morgan fingerprint density at radius 3 is 2.41 bits per heavy atom. The van der Waals surface area contributed by atoms with Gasteiger partial charge in [-0.25, -0.2) is 9.36 Å². The van der Waals surface area contributed by atoms with Crippen LogP contribution in [0.5, 0.6) is 0 Å². The molecule has 0 radical (unpaired) electrons. The minimum atomic E-state index is -0.528. The van der Waals surface area contributed by atoms with Crippen molar-refractivity contribution in [1.29, 1.82) is 0 Å². The van der Waals surface area contributed by atoms with Crippen molar-refractivity contribution in [2.75, 3.05) is 5.73 Å². The summed E-state index contributed by atoms with van der Waals surface area (Å²) in [5, 5.41) is 0. The summed E-state index contributed by atoms with van der Waals surface area (Å²) in [6.07, 6.45) is 0.927. The molecule has 0 spiro atoms. The maximum absolute atomic E-state index is 11.6. The van der Waals surface area contributed by atoms with Crippen LogP contribution in [0.2, 0.25) is 0 Å². The number of H-pyrrole nitrogens is 1. The highest BCUT2D eigenvalue weighted by atomic mass is 16.2. The number of anilines is 1. The smallest absolute Gasteiger partial charge is 0.334 e. The van der Waals surface area contributed by atoms with Crippen molar-refractivity contribution >= 4 is 5.82 Å². The molecule has 0 aliphatic rings. The molecule has 5 nitrogen and oxygen atoms in total. The number of aryl methyl sites for hydroxylation is 1. The molecule has 2 aromatic rings. The van der Waals surface area contributed by atoms with Crippen molar-refractivity contribution in [1.82, 2.24) is 9.55 Å². The molecule has 0 bridgehead atoms. The van der Waals surface area contributed by atoms with E-state index in [0.29, 0.717) is 5.69 Å². The van der Waals surface area contributed by atoms with E-state index in [9.17, 15) is 9.59 Å². The first-order chi connectivity index (χ1) is 8.11. The Labute approximate surface area is 97.5 Å². The van der Waals surface area contributed by atoms with Crippen molar-refractivity contribution < 1.29 is 0 Å². The van der Waals surface area contributed by atoms with Crippen molar-refractivity contribution in [3.8, 4) is 5.69 Å². The van der Waals surface area contributed by atoms with Gasteiger partial charge in [-0.05, 0) is 24.1 Å². The highest BCUT2D eigenvalue weighted by Gasteiger charge is 2.04. The molecular weight excluding hydrogens is 218 g/mol. The number of rotatable bonds is 2. The van der Waals surface area contributed by atoms with Crippen LogP contribution in [0.25, 0.3) is 5.69 Å². The van der Waals surface area contributed by atoms with Gasteiger partial charge in [0.15, 0.2) is 0 Å². The molecule has 0 amide bonds. The average molecular weight is 231 g/mol. The van der Waals surface area contributed by atoms with E-state index in [4.69, 9.17) is 5.73 Å². The second-order valence-corrected chi connectivity index (χ2v) is 3.72. The Bertz CT molecular complexity index is 638. The summed E-state index contributed by atoms with van der Waals surface area (Å²) in [5.41, 5.74) is 6.46. The molecule has 0 saturated carbocycles. The maximum Gasteiger partial charge on any atom is 0.334 e. The standard InChI is InChI=1S/C12H13N3O2/c1-2-8-3-5-9(6-4-8)15-10(13)7-11(16)14-12(15)17/h3-7H,2,13H2,1H3,(H,14,16,17). The van der Waals surface area contributed by atoms with Gasteiger partial charge in [0.1, 0.15) is 5.82 Å². The van der Waals surface area contributed by atoms with Crippen molar-refractivity contribution in [3.63, 3.8) is 0 Å². The van der Waals surface area contributed by atoms with Crippen LogP contribution < -0.4 is 17.0 Å². The Hall–Kier alpha value is -2.30. The molecular formula is C12H13N3O2. The SMILES string of the molecule is CCc1ccc(-n2c(N)cc(=O)[nH]c2=O)cc1. The van der Waals surface area contributed by atoms with Crippen LogP contribution in [0.3, 0.4) is 0 Å². The molecule has 1 heterocycles. The second kappa shape index (κ2) is 4.29. The van der Waals surface area contributed by atoms with E-state index in [1.807, 2.05) is 12.1 Å². The van der Waals surface area contributed by atoms with Crippen LogP contribution >= 0.6 is 0 Å². The number of nitrogens with one attached hydrogen (secondary N) is 1. The number of aromatic nitrogens is 2. The zero-order valence-corrected chi connectivity index (χ0v) is 9.43. The van der Waals surface area contributed by atoms with Gasteiger partial charge >= 0.3 is 5.69 Å². The normalized spacial score (nSPS) is 10.4. The Morgan fingerprint density at radius 1 is 1.24 bits per heavy atom. The predicted molar refractivity (Wildman–Crippen MR) is 66.5 cm³/mol. The quantitative estimate of drug-likeness (QED) is 0.797. The first-order valence-corrected chi connectivity index (χ1v) is 5.33. The third-order valence-electron chi connectivity index (χ3n) is 2.57. The Balaban J connectivity index is 2.60. The number of hydrogen-bond donors (Lipinski definition) is 2. The van der Waals surface area contributed by atoms with Crippen LogP contribution in [0.1, 0.15) is 12.5 Å². The lowest BCUT2D eigenvalue weighted by atomic mass is 10.1. The monoisotopic (exact) mass is 231 g/mol.